The van der Waals surface area contributed by atoms with Crippen LogP contribution in [0.15, 0.2) is 42.5 Å². The summed E-state index contributed by atoms with van der Waals surface area (Å²) in [6.07, 6.45) is 1.37. The van der Waals surface area contributed by atoms with Crippen LogP contribution in [-0.4, -0.2) is 42.6 Å². The van der Waals surface area contributed by atoms with Crippen LogP contribution in [0.25, 0.3) is 0 Å². The van der Waals surface area contributed by atoms with E-state index in [2.05, 4.69) is 21.6 Å². The fraction of sp³-hybridized carbons (Fsp3) is 0.364. The summed E-state index contributed by atoms with van der Waals surface area (Å²) >= 11 is 0. The van der Waals surface area contributed by atoms with Gasteiger partial charge in [-0.1, -0.05) is 18.2 Å². The molecule has 1 fully saturated rings. The van der Waals surface area contributed by atoms with Gasteiger partial charge in [0.15, 0.2) is 0 Å². The molecule has 28 heavy (non-hydrogen) atoms. The minimum Gasteiger partial charge on any atom is -0.351 e. The molecule has 2 heterocycles. The molecule has 1 saturated heterocycles. The molecular weight excluding hydrogens is 352 g/mol. The summed E-state index contributed by atoms with van der Waals surface area (Å²) in [5.74, 6) is -0.0400. The van der Waals surface area contributed by atoms with E-state index >= 15 is 0 Å². The van der Waals surface area contributed by atoms with Crippen LogP contribution >= 0.6 is 0 Å². The van der Waals surface area contributed by atoms with E-state index < -0.39 is 5.66 Å². The number of hydrogen-bond acceptors (Lipinski definition) is 3. The van der Waals surface area contributed by atoms with Gasteiger partial charge in [-0.2, -0.15) is 0 Å². The van der Waals surface area contributed by atoms with Crippen molar-refractivity contribution < 1.29 is 9.59 Å². The zero-order valence-electron chi connectivity index (χ0n) is 16.6. The van der Waals surface area contributed by atoms with Crippen LogP contribution in [-0.2, 0) is 0 Å². The fourth-order valence-corrected chi connectivity index (χ4v) is 4.34. The van der Waals surface area contributed by atoms with Gasteiger partial charge in [0.1, 0.15) is 5.66 Å². The minimum absolute atomic E-state index is 0.0400. The molecule has 0 bridgehead atoms. The zero-order valence-corrected chi connectivity index (χ0v) is 16.6. The summed E-state index contributed by atoms with van der Waals surface area (Å²) in [7, 11) is 2.02. The summed E-state index contributed by atoms with van der Waals surface area (Å²) < 4.78 is 0. The normalized spacial score (nSPS) is 17.9. The number of aryl methyl sites for hydroxylation is 2. The molecule has 146 valence electrons. The number of carbonyl (C=O) groups excluding carboxylic acids is 2. The van der Waals surface area contributed by atoms with Gasteiger partial charge < -0.3 is 20.4 Å². The first kappa shape index (κ1) is 18.3. The monoisotopic (exact) mass is 378 g/mol. The standard InChI is InChI=1S/C22H26N4O2/c1-15-12-16(2)14-17(13-15)23-21(28)26-10-8-22(9-11-26)24-20(27)18-6-4-5-7-19(18)25(22)3/h4-7,12-14H,8-11H2,1-3H3,(H,23,28)(H,24,27). The lowest BCUT2D eigenvalue weighted by molar-refractivity contribution is 0.0815. The van der Waals surface area contributed by atoms with E-state index in [0.717, 1.165) is 22.5 Å². The Kier molecular flexibility index (Phi) is 4.49. The summed E-state index contributed by atoms with van der Waals surface area (Å²) in [6.45, 7) is 5.21. The third-order valence-corrected chi connectivity index (χ3v) is 5.85. The third kappa shape index (κ3) is 3.19. The van der Waals surface area contributed by atoms with Crippen LogP contribution in [0.3, 0.4) is 0 Å². The van der Waals surface area contributed by atoms with Crippen LogP contribution in [0.2, 0.25) is 0 Å². The number of urea groups is 1. The highest BCUT2D eigenvalue weighted by molar-refractivity contribution is 6.02. The number of para-hydroxylation sites is 1. The van der Waals surface area contributed by atoms with E-state index in [0.29, 0.717) is 31.5 Å². The lowest BCUT2D eigenvalue weighted by Crippen LogP contribution is -2.67. The number of hydrogen-bond donors (Lipinski definition) is 2. The second-order valence-corrected chi connectivity index (χ2v) is 7.86. The molecule has 4 rings (SSSR count). The number of rotatable bonds is 1. The van der Waals surface area contributed by atoms with E-state index in [1.807, 2.05) is 62.2 Å². The summed E-state index contributed by atoms with van der Waals surface area (Å²) in [5, 5.41) is 6.20. The number of nitrogens with one attached hydrogen (secondary N) is 2. The smallest absolute Gasteiger partial charge is 0.321 e. The Morgan fingerprint density at radius 3 is 2.39 bits per heavy atom. The van der Waals surface area contributed by atoms with Crippen molar-refractivity contribution in [2.45, 2.75) is 32.4 Å². The van der Waals surface area contributed by atoms with E-state index in [-0.39, 0.29) is 11.9 Å². The molecule has 2 aliphatic heterocycles. The average Bonchev–Trinajstić information content (AvgIpc) is 2.66. The van der Waals surface area contributed by atoms with Gasteiger partial charge in [0.25, 0.3) is 5.91 Å². The van der Waals surface area contributed by atoms with Crippen molar-refractivity contribution in [1.29, 1.82) is 0 Å². The highest BCUT2D eigenvalue weighted by Gasteiger charge is 2.44. The molecule has 2 aromatic carbocycles. The topological polar surface area (TPSA) is 64.7 Å². The molecule has 0 aromatic heterocycles. The Balaban J connectivity index is 1.46. The van der Waals surface area contributed by atoms with Crippen molar-refractivity contribution in [2.24, 2.45) is 0 Å². The van der Waals surface area contributed by atoms with Gasteiger partial charge in [-0.3, -0.25) is 4.79 Å². The maximum absolute atomic E-state index is 12.7. The van der Waals surface area contributed by atoms with Gasteiger partial charge in [-0.05, 0) is 49.2 Å². The number of anilines is 2. The first-order valence-corrected chi connectivity index (χ1v) is 9.68. The van der Waals surface area contributed by atoms with Crippen molar-refractivity contribution in [3.8, 4) is 0 Å². The first-order valence-electron chi connectivity index (χ1n) is 9.68. The molecule has 2 aliphatic rings. The predicted octanol–water partition coefficient (Wildman–Crippen LogP) is 3.51. The number of piperidine rings is 1. The molecule has 0 atom stereocenters. The second-order valence-electron chi connectivity index (χ2n) is 7.86. The number of benzene rings is 2. The van der Waals surface area contributed by atoms with Crippen molar-refractivity contribution in [1.82, 2.24) is 10.2 Å². The van der Waals surface area contributed by atoms with E-state index in [1.165, 1.54) is 0 Å². The largest absolute Gasteiger partial charge is 0.351 e. The van der Waals surface area contributed by atoms with E-state index in [9.17, 15) is 9.59 Å². The maximum atomic E-state index is 12.7. The molecule has 1 spiro atoms. The minimum atomic E-state index is -0.442. The van der Waals surface area contributed by atoms with Crippen molar-refractivity contribution in [3.63, 3.8) is 0 Å². The Hall–Kier alpha value is -3.02. The van der Waals surface area contributed by atoms with E-state index in [1.54, 1.807) is 0 Å². The van der Waals surface area contributed by atoms with Crippen molar-refractivity contribution in [3.05, 3.63) is 59.2 Å². The first-order chi connectivity index (χ1) is 13.4. The number of amides is 3. The molecule has 2 aromatic rings. The van der Waals surface area contributed by atoms with Crippen LogP contribution < -0.4 is 15.5 Å². The molecule has 3 amide bonds. The lowest BCUT2D eigenvalue weighted by atomic mass is 9.90. The van der Waals surface area contributed by atoms with Crippen molar-refractivity contribution in [2.75, 3.05) is 30.4 Å². The highest BCUT2D eigenvalue weighted by Crippen LogP contribution is 2.36. The van der Waals surface area contributed by atoms with Gasteiger partial charge in [0.2, 0.25) is 0 Å². The number of likely N-dealkylation sites (tertiary alicyclic amines) is 1. The Morgan fingerprint density at radius 2 is 1.71 bits per heavy atom. The average molecular weight is 378 g/mol. The van der Waals surface area contributed by atoms with Crippen LogP contribution in [0.5, 0.6) is 0 Å². The maximum Gasteiger partial charge on any atom is 0.321 e. The fourth-order valence-electron chi connectivity index (χ4n) is 4.34. The Bertz CT molecular complexity index is 912. The summed E-state index contributed by atoms with van der Waals surface area (Å²) in [4.78, 5) is 29.3. The van der Waals surface area contributed by atoms with Crippen molar-refractivity contribution >= 4 is 23.3 Å². The molecule has 6 nitrogen and oxygen atoms in total. The second kappa shape index (κ2) is 6.86. The van der Waals surface area contributed by atoms with Gasteiger partial charge in [-0.15, -0.1) is 0 Å². The SMILES string of the molecule is Cc1cc(C)cc(NC(=O)N2CCC3(CC2)NC(=O)c2ccccc2N3C)c1. The number of carbonyl (C=O) groups is 2. The molecular formula is C22H26N4O2. The third-order valence-electron chi connectivity index (χ3n) is 5.85. The quantitative estimate of drug-likeness (QED) is 0.798. The van der Waals surface area contributed by atoms with Crippen LogP contribution in [0.1, 0.15) is 34.3 Å². The molecule has 0 unspecified atom stereocenters. The van der Waals surface area contributed by atoms with Crippen LogP contribution in [0.4, 0.5) is 16.2 Å². The highest BCUT2D eigenvalue weighted by atomic mass is 16.2. The van der Waals surface area contributed by atoms with Gasteiger partial charge in [-0.25, -0.2) is 4.79 Å². The van der Waals surface area contributed by atoms with E-state index in [4.69, 9.17) is 0 Å². The Labute approximate surface area is 165 Å². The van der Waals surface area contributed by atoms with Gasteiger partial charge in [0, 0.05) is 38.7 Å². The lowest BCUT2D eigenvalue weighted by Gasteiger charge is -2.51. The number of fused-ring (bicyclic) bond motifs is 1. The molecule has 2 N–H and O–H groups in total. The molecule has 0 radical (unpaired) electrons. The predicted molar refractivity (Wildman–Crippen MR) is 111 cm³/mol. The summed E-state index contributed by atoms with van der Waals surface area (Å²) in [6, 6.07) is 13.6. The molecule has 0 aliphatic carbocycles. The molecule has 6 heteroatoms. The van der Waals surface area contributed by atoms with Crippen LogP contribution in [0, 0.1) is 13.8 Å². The number of nitrogens with zero attached hydrogens (tertiary/aromatic N) is 2. The molecule has 0 saturated carbocycles. The van der Waals surface area contributed by atoms with Gasteiger partial charge >= 0.3 is 6.03 Å². The Morgan fingerprint density at radius 1 is 1.07 bits per heavy atom. The zero-order chi connectivity index (χ0) is 19.9. The van der Waals surface area contributed by atoms with Gasteiger partial charge in [0.05, 0.1) is 11.3 Å². The summed E-state index contributed by atoms with van der Waals surface area (Å²) in [5.41, 5.74) is 4.27.